The van der Waals surface area contributed by atoms with Gasteiger partial charge in [-0.25, -0.2) is 0 Å². The number of ether oxygens (including phenoxy) is 1. The fraction of sp³-hybridized carbons (Fsp3) is 0.333. The predicted molar refractivity (Wildman–Crippen MR) is 53.5 cm³/mol. The summed E-state index contributed by atoms with van der Waals surface area (Å²) in [4.78, 5) is 0. The van der Waals surface area contributed by atoms with Crippen LogP contribution in [-0.2, 0) is 6.54 Å². The van der Waals surface area contributed by atoms with Gasteiger partial charge in [0.1, 0.15) is 5.75 Å². The zero-order valence-corrected chi connectivity index (χ0v) is 8.81. The van der Waals surface area contributed by atoms with Gasteiger partial charge in [-0.3, -0.25) is 0 Å². The van der Waals surface area contributed by atoms with Crippen LogP contribution in [0.5, 0.6) is 5.75 Å². The van der Waals surface area contributed by atoms with E-state index >= 15 is 0 Å². The fourth-order valence-corrected chi connectivity index (χ4v) is 1.56. The third-order valence-electron chi connectivity index (χ3n) is 1.55. The highest BCUT2D eigenvalue weighted by atomic mass is 79.9. The summed E-state index contributed by atoms with van der Waals surface area (Å²) < 4.78 is 6.17. The van der Waals surface area contributed by atoms with Gasteiger partial charge < -0.3 is 10.1 Å². The third-order valence-corrected chi connectivity index (χ3v) is 2.01. The largest absolute Gasteiger partial charge is 0.497 e. The topological polar surface area (TPSA) is 21.3 Å². The summed E-state index contributed by atoms with van der Waals surface area (Å²) in [5.41, 5.74) is 1.21. The molecule has 0 spiro atoms. The Kier molecular flexibility index (Phi) is 3.56. The van der Waals surface area contributed by atoms with Gasteiger partial charge in [0.2, 0.25) is 0 Å². The number of halogens is 1. The Labute approximate surface area is 81.1 Å². The van der Waals surface area contributed by atoms with E-state index in [0.29, 0.717) is 0 Å². The normalized spacial score (nSPS) is 9.92. The molecule has 0 unspecified atom stereocenters. The third kappa shape index (κ3) is 2.50. The molecule has 0 aromatic heterocycles. The second-order valence-corrected chi connectivity index (χ2v) is 3.45. The molecule has 66 valence electrons. The molecular weight excluding hydrogens is 218 g/mol. The first-order valence-corrected chi connectivity index (χ1v) is 4.53. The van der Waals surface area contributed by atoms with E-state index in [0.717, 1.165) is 16.8 Å². The zero-order valence-electron chi connectivity index (χ0n) is 7.23. The maximum Gasteiger partial charge on any atom is 0.120 e. The van der Waals surface area contributed by atoms with E-state index in [2.05, 4.69) is 27.3 Å². The molecule has 1 N–H and O–H groups in total. The number of hydrogen-bond acceptors (Lipinski definition) is 2. The van der Waals surface area contributed by atoms with Crippen molar-refractivity contribution in [3.63, 3.8) is 0 Å². The Hall–Kier alpha value is -0.540. The van der Waals surface area contributed by atoms with Crippen molar-refractivity contribution in [2.45, 2.75) is 6.54 Å². The predicted octanol–water partition coefficient (Wildman–Crippen LogP) is 2.18. The van der Waals surface area contributed by atoms with Crippen molar-refractivity contribution in [3.05, 3.63) is 28.2 Å². The van der Waals surface area contributed by atoms with Gasteiger partial charge in [0.25, 0.3) is 0 Å². The minimum atomic E-state index is 0.857. The number of benzene rings is 1. The highest BCUT2D eigenvalue weighted by molar-refractivity contribution is 9.10. The molecule has 12 heavy (non-hydrogen) atoms. The Morgan fingerprint density at radius 1 is 1.42 bits per heavy atom. The lowest BCUT2D eigenvalue weighted by Gasteiger charge is -2.04. The molecule has 1 aromatic rings. The summed E-state index contributed by atoms with van der Waals surface area (Å²) in [6.07, 6.45) is 0. The van der Waals surface area contributed by atoms with Crippen molar-refractivity contribution < 1.29 is 4.74 Å². The molecule has 0 atom stereocenters. The molecule has 0 aliphatic rings. The van der Waals surface area contributed by atoms with Crippen LogP contribution in [0.4, 0.5) is 0 Å². The SMILES string of the molecule is CNCc1cc(Br)cc(OC)c1. The lowest BCUT2D eigenvalue weighted by atomic mass is 10.2. The van der Waals surface area contributed by atoms with E-state index in [-0.39, 0.29) is 0 Å². The van der Waals surface area contributed by atoms with Crippen LogP contribution in [0.1, 0.15) is 5.56 Å². The molecule has 0 aliphatic carbocycles. The Bertz CT molecular complexity index is 263. The molecular formula is C9H12BrNO. The lowest BCUT2D eigenvalue weighted by Crippen LogP contribution is -2.04. The number of hydrogen-bond donors (Lipinski definition) is 1. The van der Waals surface area contributed by atoms with Crippen LogP contribution in [0.15, 0.2) is 22.7 Å². The van der Waals surface area contributed by atoms with Gasteiger partial charge in [0.15, 0.2) is 0 Å². The van der Waals surface area contributed by atoms with E-state index in [9.17, 15) is 0 Å². The molecule has 0 radical (unpaired) electrons. The van der Waals surface area contributed by atoms with Gasteiger partial charge in [0, 0.05) is 11.0 Å². The quantitative estimate of drug-likeness (QED) is 0.859. The molecule has 0 saturated carbocycles. The van der Waals surface area contributed by atoms with Crippen LogP contribution in [0.3, 0.4) is 0 Å². The second kappa shape index (κ2) is 4.48. The summed E-state index contributed by atoms with van der Waals surface area (Å²) in [6, 6.07) is 6.03. The average Bonchev–Trinajstić information content (AvgIpc) is 2.04. The summed E-state index contributed by atoms with van der Waals surface area (Å²) in [6.45, 7) is 0.857. The van der Waals surface area contributed by atoms with Gasteiger partial charge >= 0.3 is 0 Å². The van der Waals surface area contributed by atoms with Crippen molar-refractivity contribution in [1.82, 2.24) is 5.32 Å². The fourth-order valence-electron chi connectivity index (χ4n) is 1.04. The van der Waals surface area contributed by atoms with E-state index in [1.807, 2.05) is 19.2 Å². The first kappa shape index (κ1) is 9.55. The monoisotopic (exact) mass is 229 g/mol. The zero-order chi connectivity index (χ0) is 8.97. The smallest absolute Gasteiger partial charge is 0.120 e. The Morgan fingerprint density at radius 2 is 2.17 bits per heavy atom. The van der Waals surface area contributed by atoms with Crippen molar-refractivity contribution in [2.75, 3.05) is 14.2 Å². The summed E-state index contributed by atoms with van der Waals surface area (Å²) >= 11 is 3.42. The van der Waals surface area contributed by atoms with Crippen LogP contribution in [0.2, 0.25) is 0 Å². The summed E-state index contributed by atoms with van der Waals surface area (Å²) in [5.74, 6) is 0.884. The number of rotatable bonds is 3. The first-order chi connectivity index (χ1) is 5.76. The van der Waals surface area contributed by atoms with Crippen molar-refractivity contribution in [3.8, 4) is 5.75 Å². The summed E-state index contributed by atoms with van der Waals surface area (Å²) in [7, 11) is 3.60. The molecule has 0 heterocycles. The summed E-state index contributed by atoms with van der Waals surface area (Å²) in [5, 5.41) is 3.09. The average molecular weight is 230 g/mol. The van der Waals surface area contributed by atoms with Gasteiger partial charge in [-0.15, -0.1) is 0 Å². The molecule has 3 heteroatoms. The van der Waals surface area contributed by atoms with E-state index in [1.165, 1.54) is 5.56 Å². The molecule has 2 nitrogen and oxygen atoms in total. The standard InChI is InChI=1S/C9H12BrNO/c1-11-6-7-3-8(10)5-9(4-7)12-2/h3-5,11H,6H2,1-2H3. The van der Waals surface area contributed by atoms with Crippen molar-refractivity contribution >= 4 is 15.9 Å². The molecule has 1 aromatic carbocycles. The van der Waals surface area contributed by atoms with Crippen LogP contribution in [0.25, 0.3) is 0 Å². The van der Waals surface area contributed by atoms with Crippen LogP contribution < -0.4 is 10.1 Å². The molecule has 0 saturated heterocycles. The first-order valence-electron chi connectivity index (χ1n) is 3.74. The highest BCUT2D eigenvalue weighted by Crippen LogP contribution is 2.20. The van der Waals surface area contributed by atoms with Gasteiger partial charge in [-0.05, 0) is 30.8 Å². The minimum Gasteiger partial charge on any atom is -0.497 e. The van der Waals surface area contributed by atoms with E-state index in [1.54, 1.807) is 7.11 Å². The maximum absolute atomic E-state index is 5.12. The van der Waals surface area contributed by atoms with E-state index in [4.69, 9.17) is 4.74 Å². The Balaban J connectivity index is 2.90. The van der Waals surface area contributed by atoms with Gasteiger partial charge in [0.05, 0.1) is 7.11 Å². The molecule has 0 amide bonds. The minimum absolute atomic E-state index is 0.857. The van der Waals surface area contributed by atoms with Crippen molar-refractivity contribution in [2.24, 2.45) is 0 Å². The number of methoxy groups -OCH3 is 1. The molecule has 0 aliphatic heterocycles. The van der Waals surface area contributed by atoms with Gasteiger partial charge in [-0.2, -0.15) is 0 Å². The van der Waals surface area contributed by atoms with E-state index < -0.39 is 0 Å². The maximum atomic E-state index is 5.12. The molecule has 0 fully saturated rings. The Morgan fingerprint density at radius 3 is 2.75 bits per heavy atom. The molecule has 0 bridgehead atoms. The lowest BCUT2D eigenvalue weighted by molar-refractivity contribution is 0.414. The molecule has 1 rings (SSSR count). The second-order valence-electron chi connectivity index (χ2n) is 2.53. The van der Waals surface area contributed by atoms with Crippen LogP contribution in [0, 0.1) is 0 Å². The van der Waals surface area contributed by atoms with Crippen molar-refractivity contribution in [1.29, 1.82) is 0 Å². The van der Waals surface area contributed by atoms with Crippen LogP contribution >= 0.6 is 15.9 Å². The van der Waals surface area contributed by atoms with Crippen LogP contribution in [-0.4, -0.2) is 14.2 Å². The highest BCUT2D eigenvalue weighted by Gasteiger charge is 1.97. The number of nitrogens with one attached hydrogen (secondary N) is 1. The van der Waals surface area contributed by atoms with Gasteiger partial charge in [-0.1, -0.05) is 15.9 Å².